The lowest BCUT2D eigenvalue weighted by Gasteiger charge is -2.14. The number of carbonyl (C=O) groups is 1. The molecule has 15 heavy (non-hydrogen) atoms. The van der Waals surface area contributed by atoms with Gasteiger partial charge >= 0.3 is 0 Å². The average molecular weight is 227 g/mol. The Morgan fingerprint density at radius 1 is 1.60 bits per heavy atom. The molecule has 1 unspecified atom stereocenters. The lowest BCUT2D eigenvalue weighted by molar-refractivity contribution is -0.117. The smallest absolute Gasteiger partial charge is 0.228 e. The number of aliphatic hydroxyl groups excluding tert-OH is 1. The number of hydrogen-bond donors (Lipinski definition) is 1. The van der Waals surface area contributed by atoms with Crippen LogP contribution in [0, 0.1) is 5.92 Å². The normalized spacial score (nSPS) is 21.1. The summed E-state index contributed by atoms with van der Waals surface area (Å²) in [5, 5.41) is 9.35. The summed E-state index contributed by atoms with van der Waals surface area (Å²) in [6, 6.07) is 5.16. The molecule has 1 aliphatic rings. The molecule has 1 atom stereocenters. The first-order valence-electron chi connectivity index (χ1n) is 4.74. The summed E-state index contributed by atoms with van der Waals surface area (Å²) in [6.45, 7) is 0.547. The highest BCUT2D eigenvalue weighted by Gasteiger charge is 2.30. The first-order valence-corrected chi connectivity index (χ1v) is 5.12. The molecule has 5 heteroatoms. The highest BCUT2D eigenvalue weighted by atomic mass is 35.5. The zero-order valence-electron chi connectivity index (χ0n) is 8.06. The molecule has 1 N–H and O–H groups in total. The Kier molecular flexibility index (Phi) is 2.88. The van der Waals surface area contributed by atoms with Crippen LogP contribution in [0.2, 0.25) is 5.15 Å². The van der Waals surface area contributed by atoms with Crippen molar-refractivity contribution in [3.8, 4) is 0 Å². The standard InChI is InChI=1S/C10H11ClN2O2/c11-8-2-1-3-9(12-8)13-5-7(6-14)4-10(13)15/h1-3,7,14H,4-6H2. The van der Waals surface area contributed by atoms with Crippen molar-refractivity contribution in [1.82, 2.24) is 4.98 Å². The van der Waals surface area contributed by atoms with E-state index in [-0.39, 0.29) is 18.4 Å². The van der Waals surface area contributed by atoms with E-state index in [1.807, 2.05) is 0 Å². The van der Waals surface area contributed by atoms with E-state index in [0.717, 1.165) is 0 Å². The molecular formula is C10H11ClN2O2. The van der Waals surface area contributed by atoms with Crippen molar-refractivity contribution in [1.29, 1.82) is 0 Å². The van der Waals surface area contributed by atoms with Gasteiger partial charge in [-0.1, -0.05) is 17.7 Å². The van der Waals surface area contributed by atoms with Gasteiger partial charge < -0.3 is 5.11 Å². The average Bonchev–Trinajstić information content (AvgIpc) is 2.60. The molecule has 1 aromatic rings. The monoisotopic (exact) mass is 226 g/mol. The number of halogens is 1. The highest BCUT2D eigenvalue weighted by Crippen LogP contribution is 2.23. The summed E-state index contributed by atoms with van der Waals surface area (Å²) < 4.78 is 0. The van der Waals surface area contributed by atoms with Crippen molar-refractivity contribution in [3.63, 3.8) is 0 Å². The van der Waals surface area contributed by atoms with Gasteiger partial charge in [-0.2, -0.15) is 0 Å². The molecule has 0 aromatic carbocycles. The fourth-order valence-corrected chi connectivity index (χ4v) is 1.83. The van der Waals surface area contributed by atoms with E-state index >= 15 is 0 Å². The van der Waals surface area contributed by atoms with Gasteiger partial charge in [-0.05, 0) is 12.1 Å². The maximum atomic E-state index is 11.6. The number of amides is 1. The van der Waals surface area contributed by atoms with Crippen molar-refractivity contribution in [2.75, 3.05) is 18.1 Å². The molecule has 1 fully saturated rings. The fourth-order valence-electron chi connectivity index (χ4n) is 1.67. The van der Waals surface area contributed by atoms with Gasteiger partial charge in [0.05, 0.1) is 0 Å². The number of aliphatic hydroxyl groups is 1. The third-order valence-electron chi connectivity index (χ3n) is 2.44. The molecular weight excluding hydrogens is 216 g/mol. The zero-order chi connectivity index (χ0) is 10.8. The Labute approximate surface area is 92.5 Å². The third kappa shape index (κ3) is 2.11. The van der Waals surface area contributed by atoms with Crippen LogP contribution in [0.25, 0.3) is 0 Å². The number of carbonyl (C=O) groups excluding carboxylic acids is 1. The topological polar surface area (TPSA) is 53.4 Å². The maximum Gasteiger partial charge on any atom is 0.228 e. The van der Waals surface area contributed by atoms with Gasteiger partial charge in [0, 0.05) is 25.5 Å². The minimum absolute atomic E-state index is 0.0104. The van der Waals surface area contributed by atoms with Crippen LogP contribution < -0.4 is 4.90 Å². The third-order valence-corrected chi connectivity index (χ3v) is 2.65. The minimum Gasteiger partial charge on any atom is -0.396 e. The number of hydrogen-bond acceptors (Lipinski definition) is 3. The minimum atomic E-state index is -0.0104. The van der Waals surface area contributed by atoms with Gasteiger partial charge in [0.15, 0.2) is 0 Å². The highest BCUT2D eigenvalue weighted by molar-refractivity contribution is 6.29. The predicted molar refractivity (Wildman–Crippen MR) is 56.8 cm³/mol. The Morgan fingerprint density at radius 3 is 3.00 bits per heavy atom. The fraction of sp³-hybridized carbons (Fsp3) is 0.400. The summed E-state index contributed by atoms with van der Waals surface area (Å²) in [5.74, 6) is 0.561. The Balaban J connectivity index is 2.21. The van der Waals surface area contributed by atoms with Crippen LogP contribution in [0.1, 0.15) is 6.42 Å². The molecule has 1 amide bonds. The lowest BCUT2D eigenvalue weighted by Crippen LogP contribution is -2.25. The van der Waals surface area contributed by atoms with Crippen LogP contribution in [0.15, 0.2) is 18.2 Å². The SMILES string of the molecule is O=C1CC(CO)CN1c1cccc(Cl)n1. The van der Waals surface area contributed by atoms with Crippen LogP contribution >= 0.6 is 11.6 Å². The number of nitrogens with zero attached hydrogens (tertiary/aromatic N) is 2. The van der Waals surface area contributed by atoms with Crippen molar-refractivity contribution in [3.05, 3.63) is 23.4 Å². The van der Waals surface area contributed by atoms with Crippen LogP contribution in [0.5, 0.6) is 0 Å². The van der Waals surface area contributed by atoms with Gasteiger partial charge in [-0.25, -0.2) is 4.98 Å². The van der Waals surface area contributed by atoms with Gasteiger partial charge in [0.1, 0.15) is 11.0 Å². The van der Waals surface area contributed by atoms with Crippen LogP contribution in [0.3, 0.4) is 0 Å². The molecule has 0 radical (unpaired) electrons. The van der Waals surface area contributed by atoms with E-state index in [1.54, 1.807) is 23.1 Å². The van der Waals surface area contributed by atoms with Crippen molar-refractivity contribution in [2.45, 2.75) is 6.42 Å². The van der Waals surface area contributed by atoms with Crippen LogP contribution in [-0.2, 0) is 4.79 Å². The summed E-state index contributed by atoms with van der Waals surface area (Å²) in [6.07, 6.45) is 0.380. The van der Waals surface area contributed by atoms with E-state index in [0.29, 0.717) is 23.9 Å². The molecule has 1 aromatic heterocycles. The lowest BCUT2D eigenvalue weighted by atomic mass is 10.1. The second-order valence-corrected chi connectivity index (χ2v) is 3.96. The second-order valence-electron chi connectivity index (χ2n) is 3.58. The molecule has 80 valence electrons. The summed E-state index contributed by atoms with van der Waals surface area (Å²) >= 11 is 5.74. The zero-order valence-corrected chi connectivity index (χ0v) is 8.81. The molecule has 0 bridgehead atoms. The predicted octanol–water partition coefficient (Wildman–Crippen LogP) is 1.08. The Morgan fingerprint density at radius 2 is 2.40 bits per heavy atom. The second kappa shape index (κ2) is 4.16. The largest absolute Gasteiger partial charge is 0.396 e. The van der Waals surface area contributed by atoms with E-state index < -0.39 is 0 Å². The number of pyridine rings is 1. The molecule has 2 rings (SSSR count). The van der Waals surface area contributed by atoms with Gasteiger partial charge in [0.2, 0.25) is 5.91 Å². The summed E-state index contributed by atoms with van der Waals surface area (Å²) in [4.78, 5) is 17.2. The summed E-state index contributed by atoms with van der Waals surface area (Å²) in [7, 11) is 0. The number of rotatable bonds is 2. The van der Waals surface area contributed by atoms with E-state index in [1.165, 1.54) is 0 Å². The van der Waals surface area contributed by atoms with E-state index in [2.05, 4.69) is 4.98 Å². The van der Waals surface area contributed by atoms with Crippen LogP contribution in [-0.4, -0.2) is 29.1 Å². The molecule has 4 nitrogen and oxygen atoms in total. The van der Waals surface area contributed by atoms with Gasteiger partial charge in [0.25, 0.3) is 0 Å². The first kappa shape index (κ1) is 10.4. The van der Waals surface area contributed by atoms with Crippen LogP contribution in [0.4, 0.5) is 5.82 Å². The van der Waals surface area contributed by atoms with E-state index in [4.69, 9.17) is 16.7 Å². The quantitative estimate of drug-likeness (QED) is 0.768. The molecule has 0 saturated carbocycles. The van der Waals surface area contributed by atoms with Gasteiger partial charge in [-0.15, -0.1) is 0 Å². The van der Waals surface area contributed by atoms with Gasteiger partial charge in [-0.3, -0.25) is 9.69 Å². The number of anilines is 1. The maximum absolute atomic E-state index is 11.6. The first-order chi connectivity index (χ1) is 7.20. The van der Waals surface area contributed by atoms with Crippen molar-refractivity contribution < 1.29 is 9.90 Å². The molecule has 1 aliphatic heterocycles. The summed E-state index contributed by atoms with van der Waals surface area (Å²) in [5.41, 5.74) is 0. The Hall–Kier alpha value is -1.13. The molecule has 0 aliphatic carbocycles. The Bertz CT molecular complexity index is 383. The van der Waals surface area contributed by atoms with Crippen molar-refractivity contribution in [2.24, 2.45) is 5.92 Å². The molecule has 0 spiro atoms. The van der Waals surface area contributed by atoms with E-state index in [9.17, 15) is 4.79 Å². The molecule has 1 saturated heterocycles. The number of aromatic nitrogens is 1. The molecule has 2 heterocycles. The van der Waals surface area contributed by atoms with Crippen molar-refractivity contribution >= 4 is 23.3 Å².